The van der Waals surface area contributed by atoms with Gasteiger partial charge in [-0.15, -0.1) is 0 Å². The van der Waals surface area contributed by atoms with Gasteiger partial charge in [0.1, 0.15) is 0 Å². The quantitative estimate of drug-likeness (QED) is 0.861. The van der Waals surface area contributed by atoms with Crippen molar-refractivity contribution in [2.24, 2.45) is 0 Å². The first kappa shape index (κ1) is 12.6. The largest absolute Gasteiger partial charge is 0.490 e. The van der Waals surface area contributed by atoms with E-state index in [0.29, 0.717) is 12.6 Å². The summed E-state index contributed by atoms with van der Waals surface area (Å²) in [5.41, 5.74) is 1.07. The highest BCUT2D eigenvalue weighted by atomic mass is 16.5. The molecule has 1 aromatic rings. The van der Waals surface area contributed by atoms with Crippen molar-refractivity contribution in [1.29, 1.82) is 0 Å². The Hall–Kier alpha value is -1.42. The van der Waals surface area contributed by atoms with E-state index in [1.54, 1.807) is 0 Å². The van der Waals surface area contributed by atoms with Gasteiger partial charge in [-0.25, -0.2) is 0 Å². The molecular weight excluding hydrogens is 242 g/mol. The molecule has 3 rings (SSSR count). The summed E-state index contributed by atoms with van der Waals surface area (Å²) in [4.78, 5) is 0. The molecule has 0 atom stereocenters. The third-order valence-corrected chi connectivity index (χ3v) is 3.82. The van der Waals surface area contributed by atoms with Crippen molar-refractivity contribution in [3.05, 3.63) is 18.2 Å². The zero-order chi connectivity index (χ0) is 13.1. The van der Waals surface area contributed by atoms with Gasteiger partial charge in [-0.1, -0.05) is 0 Å². The number of rotatable bonds is 2. The lowest BCUT2D eigenvalue weighted by Crippen LogP contribution is -2.28. The Labute approximate surface area is 113 Å². The molecular formula is C15H21NO3. The van der Waals surface area contributed by atoms with Crippen molar-refractivity contribution in [3.8, 4) is 11.5 Å². The molecule has 4 nitrogen and oxygen atoms in total. The van der Waals surface area contributed by atoms with Crippen molar-refractivity contribution in [2.45, 2.75) is 44.2 Å². The smallest absolute Gasteiger partial charge is 0.163 e. The average molecular weight is 263 g/mol. The summed E-state index contributed by atoms with van der Waals surface area (Å²) in [5, 5.41) is 13.0. The highest BCUT2D eigenvalue weighted by Gasteiger charge is 2.19. The molecule has 4 heteroatoms. The first-order valence-electron chi connectivity index (χ1n) is 7.15. The van der Waals surface area contributed by atoms with Crippen LogP contribution in [0.3, 0.4) is 0 Å². The standard InChI is InChI=1S/C15H21NO3/c17-13-5-2-11(3-6-13)16-12-4-7-14-15(10-12)19-9-1-8-18-14/h4,7,10-11,13,16-17H,1-3,5-6,8-9H2. The number of hydrogen-bond donors (Lipinski definition) is 2. The molecule has 0 unspecified atom stereocenters. The van der Waals surface area contributed by atoms with Crippen molar-refractivity contribution < 1.29 is 14.6 Å². The monoisotopic (exact) mass is 263 g/mol. The zero-order valence-corrected chi connectivity index (χ0v) is 11.1. The lowest BCUT2D eigenvalue weighted by molar-refractivity contribution is 0.126. The minimum atomic E-state index is -0.109. The second-order valence-corrected chi connectivity index (χ2v) is 5.36. The maximum absolute atomic E-state index is 9.52. The lowest BCUT2D eigenvalue weighted by Gasteiger charge is -2.27. The average Bonchev–Trinajstić information content (AvgIpc) is 2.66. The fraction of sp³-hybridized carbons (Fsp3) is 0.600. The Morgan fingerprint density at radius 1 is 1.00 bits per heavy atom. The van der Waals surface area contributed by atoms with E-state index >= 15 is 0 Å². The fourth-order valence-electron chi connectivity index (χ4n) is 2.71. The number of benzene rings is 1. The second kappa shape index (κ2) is 5.70. The topological polar surface area (TPSA) is 50.7 Å². The summed E-state index contributed by atoms with van der Waals surface area (Å²) in [6.07, 6.45) is 4.65. The number of fused-ring (bicyclic) bond motifs is 1. The van der Waals surface area contributed by atoms with Crippen LogP contribution < -0.4 is 14.8 Å². The van der Waals surface area contributed by atoms with Crippen LogP contribution in [-0.2, 0) is 0 Å². The minimum Gasteiger partial charge on any atom is -0.490 e. The van der Waals surface area contributed by atoms with Crippen LogP contribution in [-0.4, -0.2) is 30.5 Å². The van der Waals surface area contributed by atoms with Crippen LogP contribution in [0, 0.1) is 0 Å². The van der Waals surface area contributed by atoms with Crippen LogP contribution in [0.4, 0.5) is 5.69 Å². The predicted octanol–water partition coefficient (Wildman–Crippen LogP) is 2.56. The Kier molecular flexibility index (Phi) is 3.78. The summed E-state index contributed by atoms with van der Waals surface area (Å²) >= 11 is 0. The van der Waals surface area contributed by atoms with E-state index in [4.69, 9.17) is 9.47 Å². The summed E-state index contributed by atoms with van der Waals surface area (Å²) in [5.74, 6) is 1.67. The molecule has 1 saturated carbocycles. The number of anilines is 1. The van der Waals surface area contributed by atoms with Crippen molar-refractivity contribution in [2.75, 3.05) is 18.5 Å². The van der Waals surface area contributed by atoms with Crippen LogP contribution in [0.2, 0.25) is 0 Å². The van der Waals surface area contributed by atoms with Gasteiger partial charge in [-0.2, -0.15) is 0 Å². The molecule has 0 bridgehead atoms. The Morgan fingerprint density at radius 3 is 2.53 bits per heavy atom. The molecule has 0 amide bonds. The van der Waals surface area contributed by atoms with Crippen LogP contribution in [0.1, 0.15) is 32.1 Å². The van der Waals surface area contributed by atoms with Gasteiger partial charge in [0.2, 0.25) is 0 Å². The molecule has 0 aromatic heterocycles. The van der Waals surface area contributed by atoms with Crippen LogP contribution in [0.15, 0.2) is 18.2 Å². The summed E-state index contributed by atoms with van der Waals surface area (Å²) in [6, 6.07) is 6.48. The van der Waals surface area contributed by atoms with E-state index in [1.165, 1.54) is 0 Å². The molecule has 0 saturated heterocycles. The van der Waals surface area contributed by atoms with Gasteiger partial charge in [0, 0.05) is 24.2 Å². The van der Waals surface area contributed by atoms with E-state index < -0.39 is 0 Å². The Bertz CT molecular complexity index is 427. The van der Waals surface area contributed by atoms with Crippen molar-refractivity contribution in [1.82, 2.24) is 0 Å². The van der Waals surface area contributed by atoms with E-state index in [2.05, 4.69) is 5.32 Å². The molecule has 1 heterocycles. The third-order valence-electron chi connectivity index (χ3n) is 3.82. The highest BCUT2D eigenvalue weighted by molar-refractivity contribution is 5.55. The molecule has 1 aliphatic carbocycles. The molecule has 2 N–H and O–H groups in total. The first-order chi connectivity index (χ1) is 9.31. The van der Waals surface area contributed by atoms with Crippen LogP contribution in [0.5, 0.6) is 11.5 Å². The molecule has 19 heavy (non-hydrogen) atoms. The van der Waals surface area contributed by atoms with Gasteiger partial charge in [0.05, 0.1) is 19.3 Å². The van der Waals surface area contributed by atoms with Crippen LogP contribution >= 0.6 is 0 Å². The second-order valence-electron chi connectivity index (χ2n) is 5.36. The van der Waals surface area contributed by atoms with Gasteiger partial charge in [-0.05, 0) is 37.8 Å². The van der Waals surface area contributed by atoms with Gasteiger partial charge < -0.3 is 19.9 Å². The molecule has 0 radical (unpaired) electrons. The maximum atomic E-state index is 9.52. The van der Waals surface area contributed by atoms with Crippen molar-refractivity contribution in [3.63, 3.8) is 0 Å². The zero-order valence-electron chi connectivity index (χ0n) is 11.1. The van der Waals surface area contributed by atoms with Crippen molar-refractivity contribution >= 4 is 5.69 Å². The molecule has 104 valence electrons. The Balaban J connectivity index is 1.66. The molecule has 0 spiro atoms. The van der Waals surface area contributed by atoms with E-state index in [1.807, 2.05) is 18.2 Å². The molecule has 1 aliphatic heterocycles. The predicted molar refractivity (Wildman–Crippen MR) is 73.9 cm³/mol. The van der Waals surface area contributed by atoms with Gasteiger partial charge in [-0.3, -0.25) is 0 Å². The normalized spacial score (nSPS) is 26.6. The van der Waals surface area contributed by atoms with Gasteiger partial charge in [0.25, 0.3) is 0 Å². The molecule has 1 fully saturated rings. The number of aliphatic hydroxyl groups is 1. The number of nitrogens with one attached hydrogen (secondary N) is 1. The molecule has 2 aliphatic rings. The molecule has 1 aromatic carbocycles. The SMILES string of the molecule is OC1CCC(Nc2ccc3c(c2)OCCCO3)CC1. The third kappa shape index (κ3) is 3.13. The van der Waals surface area contributed by atoms with Gasteiger partial charge in [0.15, 0.2) is 11.5 Å². The first-order valence-corrected chi connectivity index (χ1v) is 7.15. The van der Waals surface area contributed by atoms with E-state index in [0.717, 1.165) is 55.9 Å². The number of ether oxygens (including phenoxy) is 2. The summed E-state index contributed by atoms with van der Waals surface area (Å²) < 4.78 is 11.3. The maximum Gasteiger partial charge on any atom is 0.163 e. The van der Waals surface area contributed by atoms with Crippen LogP contribution in [0.25, 0.3) is 0 Å². The highest BCUT2D eigenvalue weighted by Crippen LogP contribution is 2.33. The van der Waals surface area contributed by atoms with Gasteiger partial charge >= 0.3 is 0 Å². The summed E-state index contributed by atoms with van der Waals surface area (Å²) in [7, 11) is 0. The van der Waals surface area contributed by atoms with E-state index in [9.17, 15) is 5.11 Å². The van der Waals surface area contributed by atoms with E-state index in [-0.39, 0.29) is 6.10 Å². The number of hydrogen-bond acceptors (Lipinski definition) is 4. The summed E-state index contributed by atoms with van der Waals surface area (Å²) in [6.45, 7) is 1.44. The number of aliphatic hydroxyl groups excluding tert-OH is 1. The Morgan fingerprint density at radius 2 is 1.74 bits per heavy atom. The minimum absolute atomic E-state index is 0.109. The fourth-order valence-corrected chi connectivity index (χ4v) is 2.71. The lowest BCUT2D eigenvalue weighted by atomic mass is 9.93.